The van der Waals surface area contributed by atoms with Crippen LogP contribution in [0, 0.1) is 0 Å². The smallest absolute Gasteiger partial charge is 0.232 e. The van der Waals surface area contributed by atoms with E-state index >= 15 is 0 Å². The zero-order valence-electron chi connectivity index (χ0n) is 12.6. The number of rotatable bonds is 3. The van der Waals surface area contributed by atoms with Crippen molar-refractivity contribution in [3.63, 3.8) is 0 Å². The fourth-order valence-corrected chi connectivity index (χ4v) is 3.81. The van der Waals surface area contributed by atoms with Crippen molar-refractivity contribution >= 4 is 17.7 Å². The normalized spacial score (nSPS) is 28.7. The molecule has 0 saturated carbocycles. The minimum absolute atomic E-state index is 0.173. The summed E-state index contributed by atoms with van der Waals surface area (Å²) >= 11 is 1.77. The number of nitrogens with zero attached hydrogens (tertiary/aromatic N) is 1. The summed E-state index contributed by atoms with van der Waals surface area (Å²) in [6, 6.07) is 0.994. The van der Waals surface area contributed by atoms with Gasteiger partial charge in [-0.05, 0) is 38.6 Å². The standard InChI is InChI=1S/C15H28N2OS/c1-15(2,3)19-11-14(18)17-10-5-4-8-13(17)12-7-6-9-16-12/h12-13,16H,4-11H2,1-3H3. The van der Waals surface area contributed by atoms with Gasteiger partial charge in [0.1, 0.15) is 0 Å². The van der Waals surface area contributed by atoms with Gasteiger partial charge in [-0.15, -0.1) is 11.8 Å². The lowest BCUT2D eigenvalue weighted by atomic mass is 9.94. The van der Waals surface area contributed by atoms with Crippen molar-refractivity contribution in [2.75, 3.05) is 18.8 Å². The number of thioether (sulfide) groups is 1. The molecule has 0 aromatic carbocycles. The maximum absolute atomic E-state index is 12.5. The molecule has 2 rings (SSSR count). The van der Waals surface area contributed by atoms with E-state index in [9.17, 15) is 4.79 Å². The zero-order chi connectivity index (χ0) is 13.9. The Morgan fingerprint density at radius 2 is 2.05 bits per heavy atom. The number of hydrogen-bond donors (Lipinski definition) is 1. The van der Waals surface area contributed by atoms with Crippen LogP contribution >= 0.6 is 11.8 Å². The topological polar surface area (TPSA) is 32.3 Å². The average molecular weight is 284 g/mol. The first-order valence-electron chi connectivity index (χ1n) is 7.64. The summed E-state index contributed by atoms with van der Waals surface area (Å²) in [5.74, 6) is 0.977. The Labute approximate surface area is 121 Å². The van der Waals surface area contributed by atoms with Crippen LogP contribution in [0.2, 0.25) is 0 Å². The fraction of sp³-hybridized carbons (Fsp3) is 0.933. The zero-order valence-corrected chi connectivity index (χ0v) is 13.4. The van der Waals surface area contributed by atoms with Crippen molar-refractivity contribution in [3.05, 3.63) is 0 Å². The second-order valence-electron chi connectivity index (χ2n) is 6.75. The molecule has 2 aliphatic heterocycles. The molecule has 2 aliphatic rings. The Kier molecular flexibility index (Phi) is 5.18. The van der Waals surface area contributed by atoms with Crippen LogP contribution in [-0.4, -0.2) is 46.5 Å². The number of piperidine rings is 1. The summed E-state index contributed by atoms with van der Waals surface area (Å²) in [5.41, 5.74) is 0. The van der Waals surface area contributed by atoms with Crippen LogP contribution in [-0.2, 0) is 4.79 Å². The predicted octanol–water partition coefficient (Wildman–Crippen LogP) is 2.65. The number of carbonyl (C=O) groups excluding carboxylic acids is 1. The molecule has 0 aliphatic carbocycles. The van der Waals surface area contributed by atoms with Crippen LogP contribution in [0.4, 0.5) is 0 Å². The number of amides is 1. The van der Waals surface area contributed by atoms with Crippen LogP contribution in [0.5, 0.6) is 0 Å². The van der Waals surface area contributed by atoms with E-state index in [0.717, 1.165) is 13.1 Å². The van der Waals surface area contributed by atoms with Crippen LogP contribution in [0.25, 0.3) is 0 Å². The molecule has 0 aromatic rings. The number of carbonyl (C=O) groups is 1. The summed E-state index contributed by atoms with van der Waals surface area (Å²) in [6.07, 6.45) is 6.14. The minimum atomic E-state index is 0.173. The SMILES string of the molecule is CC(C)(C)SCC(=O)N1CCCCC1C1CCCN1. The average Bonchev–Trinajstić information content (AvgIpc) is 2.89. The largest absolute Gasteiger partial charge is 0.337 e. The van der Waals surface area contributed by atoms with E-state index in [1.807, 2.05) is 0 Å². The monoisotopic (exact) mass is 284 g/mol. The molecule has 1 amide bonds. The molecule has 2 fully saturated rings. The molecule has 2 unspecified atom stereocenters. The quantitative estimate of drug-likeness (QED) is 0.865. The van der Waals surface area contributed by atoms with Crippen molar-refractivity contribution in [3.8, 4) is 0 Å². The van der Waals surface area contributed by atoms with Crippen LogP contribution in [0.3, 0.4) is 0 Å². The van der Waals surface area contributed by atoms with E-state index in [1.54, 1.807) is 11.8 Å². The molecular formula is C15H28N2OS. The van der Waals surface area contributed by atoms with Gasteiger partial charge in [-0.2, -0.15) is 0 Å². The highest BCUT2D eigenvalue weighted by Gasteiger charge is 2.34. The summed E-state index contributed by atoms with van der Waals surface area (Å²) in [5, 5.41) is 3.58. The van der Waals surface area contributed by atoms with E-state index in [4.69, 9.17) is 0 Å². The lowest BCUT2D eigenvalue weighted by Gasteiger charge is -2.39. The van der Waals surface area contributed by atoms with Crippen LogP contribution in [0.15, 0.2) is 0 Å². The molecule has 3 nitrogen and oxygen atoms in total. The third-order valence-electron chi connectivity index (χ3n) is 4.06. The van der Waals surface area contributed by atoms with Gasteiger partial charge in [-0.3, -0.25) is 4.79 Å². The van der Waals surface area contributed by atoms with Gasteiger partial charge in [0, 0.05) is 23.4 Å². The molecule has 19 heavy (non-hydrogen) atoms. The van der Waals surface area contributed by atoms with Gasteiger partial charge in [0.15, 0.2) is 0 Å². The molecule has 1 N–H and O–H groups in total. The van der Waals surface area contributed by atoms with Gasteiger partial charge in [-0.25, -0.2) is 0 Å². The van der Waals surface area contributed by atoms with E-state index in [0.29, 0.717) is 23.7 Å². The Morgan fingerprint density at radius 3 is 2.68 bits per heavy atom. The molecule has 110 valence electrons. The summed E-state index contributed by atoms with van der Waals surface area (Å²) in [7, 11) is 0. The predicted molar refractivity (Wildman–Crippen MR) is 82.6 cm³/mol. The highest BCUT2D eigenvalue weighted by Crippen LogP contribution is 2.27. The third-order valence-corrected chi connectivity index (χ3v) is 5.32. The Hall–Kier alpha value is -0.220. The van der Waals surface area contributed by atoms with Gasteiger partial charge in [-0.1, -0.05) is 20.8 Å². The van der Waals surface area contributed by atoms with Crippen molar-refractivity contribution in [2.45, 2.75) is 69.7 Å². The fourth-order valence-electron chi connectivity index (χ4n) is 3.09. The Morgan fingerprint density at radius 1 is 1.26 bits per heavy atom. The van der Waals surface area contributed by atoms with Crippen LogP contribution in [0.1, 0.15) is 52.9 Å². The maximum atomic E-state index is 12.5. The minimum Gasteiger partial charge on any atom is -0.337 e. The molecule has 0 aromatic heterocycles. The Balaban J connectivity index is 1.92. The second kappa shape index (κ2) is 6.49. The highest BCUT2D eigenvalue weighted by molar-refractivity contribution is 8.01. The van der Waals surface area contributed by atoms with E-state index in [-0.39, 0.29) is 4.75 Å². The van der Waals surface area contributed by atoms with Gasteiger partial charge in [0.2, 0.25) is 5.91 Å². The molecule has 2 atom stereocenters. The van der Waals surface area contributed by atoms with E-state index in [1.165, 1.54) is 32.1 Å². The summed E-state index contributed by atoms with van der Waals surface area (Å²) in [6.45, 7) is 8.62. The van der Waals surface area contributed by atoms with Gasteiger partial charge in [0.05, 0.1) is 5.75 Å². The lowest BCUT2D eigenvalue weighted by molar-refractivity contribution is -0.132. The molecule has 2 saturated heterocycles. The second-order valence-corrected chi connectivity index (χ2v) is 8.56. The molecule has 0 bridgehead atoms. The Bertz CT molecular complexity index is 308. The molecule has 0 spiro atoms. The third kappa shape index (κ3) is 4.38. The molecular weight excluding hydrogens is 256 g/mol. The van der Waals surface area contributed by atoms with Crippen molar-refractivity contribution in [1.29, 1.82) is 0 Å². The van der Waals surface area contributed by atoms with Crippen molar-refractivity contribution < 1.29 is 4.79 Å². The first kappa shape index (κ1) is 15.2. The molecule has 0 radical (unpaired) electrons. The van der Waals surface area contributed by atoms with E-state index in [2.05, 4.69) is 31.0 Å². The molecule has 2 heterocycles. The summed E-state index contributed by atoms with van der Waals surface area (Å²) in [4.78, 5) is 14.7. The van der Waals surface area contributed by atoms with Gasteiger partial charge < -0.3 is 10.2 Å². The van der Waals surface area contributed by atoms with Crippen LogP contribution < -0.4 is 5.32 Å². The van der Waals surface area contributed by atoms with E-state index < -0.39 is 0 Å². The molecule has 4 heteroatoms. The summed E-state index contributed by atoms with van der Waals surface area (Å²) < 4.78 is 0.173. The van der Waals surface area contributed by atoms with Crippen molar-refractivity contribution in [1.82, 2.24) is 10.2 Å². The maximum Gasteiger partial charge on any atom is 0.232 e. The van der Waals surface area contributed by atoms with Gasteiger partial charge >= 0.3 is 0 Å². The lowest BCUT2D eigenvalue weighted by Crippen LogP contribution is -2.53. The number of hydrogen-bond acceptors (Lipinski definition) is 3. The van der Waals surface area contributed by atoms with Gasteiger partial charge in [0.25, 0.3) is 0 Å². The highest BCUT2D eigenvalue weighted by atomic mass is 32.2. The number of likely N-dealkylation sites (tertiary alicyclic amines) is 1. The van der Waals surface area contributed by atoms with Crippen molar-refractivity contribution in [2.24, 2.45) is 0 Å². The number of nitrogens with one attached hydrogen (secondary N) is 1. The first-order chi connectivity index (χ1) is 8.97. The first-order valence-corrected chi connectivity index (χ1v) is 8.63.